The number of aryl methyl sites for hydroxylation is 1. The lowest BCUT2D eigenvalue weighted by Crippen LogP contribution is -2.43. The summed E-state index contributed by atoms with van der Waals surface area (Å²) in [6, 6.07) is 15.8. The van der Waals surface area contributed by atoms with E-state index in [0.29, 0.717) is 12.0 Å². The Morgan fingerprint density at radius 3 is 2.22 bits per heavy atom. The minimum Gasteiger partial charge on any atom is -0.480 e. The molecule has 142 valence electrons. The second kappa shape index (κ2) is 9.46. The van der Waals surface area contributed by atoms with Gasteiger partial charge >= 0.3 is 11.9 Å². The molecule has 2 aromatic carbocycles. The lowest BCUT2D eigenvalue weighted by atomic mass is 9.76. The van der Waals surface area contributed by atoms with Gasteiger partial charge in [-0.05, 0) is 37.5 Å². The summed E-state index contributed by atoms with van der Waals surface area (Å²) >= 11 is 3.29. The first-order valence-electron chi connectivity index (χ1n) is 8.62. The summed E-state index contributed by atoms with van der Waals surface area (Å²) in [7, 11) is 0. The molecule has 6 heteroatoms. The van der Waals surface area contributed by atoms with Crippen molar-refractivity contribution in [2.24, 2.45) is 5.41 Å². The molecule has 0 aliphatic heterocycles. The average molecular weight is 433 g/mol. The van der Waals surface area contributed by atoms with E-state index in [2.05, 4.69) is 15.9 Å². The third-order valence-corrected chi connectivity index (χ3v) is 4.92. The third kappa shape index (κ3) is 5.26. The number of aliphatic carboxylic acids is 1. The highest BCUT2D eigenvalue weighted by Crippen LogP contribution is 2.33. The number of esters is 1. The number of halogens is 1. The molecule has 0 amide bonds. The lowest BCUT2D eigenvalue weighted by Gasteiger charge is -2.26. The summed E-state index contributed by atoms with van der Waals surface area (Å²) in [5.41, 5.74) is -0.674. The molecular formula is C21H21BrO5. The first-order valence-corrected chi connectivity index (χ1v) is 9.41. The minimum atomic E-state index is -1.92. The van der Waals surface area contributed by atoms with Gasteiger partial charge in [-0.3, -0.25) is 14.4 Å². The average Bonchev–Trinajstić information content (AvgIpc) is 2.66. The van der Waals surface area contributed by atoms with Crippen LogP contribution in [0.2, 0.25) is 0 Å². The van der Waals surface area contributed by atoms with E-state index >= 15 is 0 Å². The Morgan fingerprint density at radius 1 is 1.04 bits per heavy atom. The Balaban J connectivity index is 2.31. The molecule has 0 aromatic heterocycles. The van der Waals surface area contributed by atoms with Crippen LogP contribution in [0, 0.1) is 5.41 Å². The zero-order valence-corrected chi connectivity index (χ0v) is 16.6. The Kier molecular flexibility index (Phi) is 7.30. The maximum atomic E-state index is 12.7. The second-order valence-electron chi connectivity index (χ2n) is 6.20. The maximum absolute atomic E-state index is 12.7. The molecule has 0 bridgehead atoms. The van der Waals surface area contributed by atoms with E-state index < -0.39 is 29.6 Å². The van der Waals surface area contributed by atoms with Gasteiger partial charge in [0.05, 0.1) is 6.61 Å². The number of ketones is 1. The van der Waals surface area contributed by atoms with Crippen LogP contribution in [0.5, 0.6) is 0 Å². The fourth-order valence-electron chi connectivity index (χ4n) is 2.82. The molecule has 0 radical (unpaired) electrons. The predicted molar refractivity (Wildman–Crippen MR) is 105 cm³/mol. The van der Waals surface area contributed by atoms with Crippen molar-refractivity contribution >= 4 is 33.7 Å². The van der Waals surface area contributed by atoms with Crippen LogP contribution in [0.3, 0.4) is 0 Å². The summed E-state index contributed by atoms with van der Waals surface area (Å²) in [4.78, 5) is 37.4. The van der Waals surface area contributed by atoms with Crippen molar-refractivity contribution < 1.29 is 24.2 Å². The molecule has 0 spiro atoms. The Labute approximate surface area is 166 Å². The van der Waals surface area contributed by atoms with E-state index in [1.54, 1.807) is 31.2 Å². The van der Waals surface area contributed by atoms with Crippen LogP contribution in [0.25, 0.3) is 0 Å². The van der Waals surface area contributed by atoms with Crippen molar-refractivity contribution in [2.75, 3.05) is 6.61 Å². The Hall–Kier alpha value is -2.47. The number of Topliss-reactive ketones (excluding diaryl/α,β-unsaturated/α-hetero) is 1. The van der Waals surface area contributed by atoms with Crippen LogP contribution in [-0.4, -0.2) is 29.4 Å². The number of carbonyl (C=O) groups is 3. The number of carbonyl (C=O) groups excluding carboxylic acids is 2. The number of carboxylic acid groups (broad SMARTS) is 1. The van der Waals surface area contributed by atoms with E-state index in [-0.39, 0.29) is 13.0 Å². The predicted octanol–water partition coefficient (Wildman–Crippen LogP) is 4.29. The van der Waals surface area contributed by atoms with E-state index in [1.165, 1.54) is 0 Å². The topological polar surface area (TPSA) is 80.7 Å². The van der Waals surface area contributed by atoms with Gasteiger partial charge in [0.2, 0.25) is 0 Å². The zero-order valence-electron chi connectivity index (χ0n) is 15.0. The normalized spacial score (nSPS) is 12.8. The zero-order chi connectivity index (χ0) is 19.9. The van der Waals surface area contributed by atoms with Crippen LogP contribution < -0.4 is 0 Å². The summed E-state index contributed by atoms with van der Waals surface area (Å²) in [6.45, 7) is 1.66. The van der Waals surface area contributed by atoms with E-state index in [0.717, 1.165) is 10.0 Å². The van der Waals surface area contributed by atoms with Crippen molar-refractivity contribution in [3.8, 4) is 0 Å². The highest BCUT2D eigenvalue weighted by molar-refractivity contribution is 9.10. The summed E-state index contributed by atoms with van der Waals surface area (Å²) in [5, 5.41) is 9.88. The standard InChI is InChI=1S/C21H21BrO5/c1-2-27-20(26)21(19(24)25,13-12-15-6-4-3-5-7-15)14-18(23)16-8-10-17(22)11-9-16/h3-11H,2,12-14H2,1H3,(H,24,25). The highest BCUT2D eigenvalue weighted by Gasteiger charge is 2.49. The molecule has 5 nitrogen and oxygen atoms in total. The number of hydrogen-bond acceptors (Lipinski definition) is 4. The van der Waals surface area contributed by atoms with Gasteiger partial charge in [-0.2, -0.15) is 0 Å². The van der Waals surface area contributed by atoms with Crippen LogP contribution in [0.1, 0.15) is 35.7 Å². The Morgan fingerprint density at radius 2 is 1.67 bits per heavy atom. The third-order valence-electron chi connectivity index (χ3n) is 4.39. The molecule has 0 saturated heterocycles. The molecule has 2 rings (SSSR count). The van der Waals surface area contributed by atoms with Crippen LogP contribution in [-0.2, 0) is 20.7 Å². The molecule has 0 aliphatic carbocycles. The molecule has 0 aliphatic rings. The molecule has 0 saturated carbocycles. The fraction of sp³-hybridized carbons (Fsp3) is 0.286. The maximum Gasteiger partial charge on any atom is 0.323 e. The van der Waals surface area contributed by atoms with Crippen LogP contribution in [0.4, 0.5) is 0 Å². The highest BCUT2D eigenvalue weighted by atomic mass is 79.9. The lowest BCUT2D eigenvalue weighted by molar-refractivity contribution is -0.169. The van der Waals surface area contributed by atoms with Gasteiger partial charge in [0.25, 0.3) is 0 Å². The van der Waals surface area contributed by atoms with Gasteiger partial charge in [-0.25, -0.2) is 0 Å². The number of rotatable bonds is 9. The molecule has 0 heterocycles. The Bertz CT molecular complexity index is 801. The fourth-order valence-corrected chi connectivity index (χ4v) is 3.08. The molecule has 1 N–H and O–H groups in total. The summed E-state index contributed by atoms with van der Waals surface area (Å²) < 4.78 is 5.84. The molecule has 1 atom stereocenters. The molecule has 1 unspecified atom stereocenters. The van der Waals surface area contributed by atoms with E-state index in [9.17, 15) is 19.5 Å². The van der Waals surface area contributed by atoms with Gasteiger partial charge in [-0.15, -0.1) is 0 Å². The van der Waals surface area contributed by atoms with E-state index in [4.69, 9.17) is 4.74 Å². The van der Waals surface area contributed by atoms with Crippen LogP contribution >= 0.6 is 15.9 Å². The summed E-state index contributed by atoms with van der Waals surface area (Å²) in [6.07, 6.45) is -0.122. The first-order chi connectivity index (χ1) is 12.9. The largest absolute Gasteiger partial charge is 0.480 e. The van der Waals surface area contributed by atoms with Gasteiger partial charge in [-0.1, -0.05) is 58.4 Å². The minimum absolute atomic E-state index is 0.0204. The van der Waals surface area contributed by atoms with E-state index in [1.807, 2.05) is 30.3 Å². The van der Waals surface area contributed by atoms with Crippen molar-refractivity contribution in [3.05, 3.63) is 70.2 Å². The molecular weight excluding hydrogens is 412 g/mol. The monoisotopic (exact) mass is 432 g/mol. The van der Waals surface area contributed by atoms with Crippen molar-refractivity contribution in [2.45, 2.75) is 26.2 Å². The molecule has 2 aromatic rings. The van der Waals surface area contributed by atoms with Gasteiger partial charge in [0.1, 0.15) is 0 Å². The van der Waals surface area contributed by atoms with Crippen molar-refractivity contribution in [1.82, 2.24) is 0 Å². The smallest absolute Gasteiger partial charge is 0.323 e. The van der Waals surface area contributed by atoms with Gasteiger partial charge in [0.15, 0.2) is 11.2 Å². The van der Waals surface area contributed by atoms with Gasteiger partial charge < -0.3 is 9.84 Å². The van der Waals surface area contributed by atoms with Gasteiger partial charge in [0, 0.05) is 16.5 Å². The van der Waals surface area contributed by atoms with Crippen LogP contribution in [0.15, 0.2) is 59.1 Å². The number of ether oxygens (including phenoxy) is 1. The SMILES string of the molecule is CCOC(=O)C(CCc1ccccc1)(CC(=O)c1ccc(Br)cc1)C(=O)O. The second-order valence-corrected chi connectivity index (χ2v) is 7.12. The number of hydrogen-bond donors (Lipinski definition) is 1. The van der Waals surface area contributed by atoms with Crippen molar-refractivity contribution in [3.63, 3.8) is 0 Å². The quantitative estimate of drug-likeness (QED) is 0.363. The van der Waals surface area contributed by atoms with Crippen molar-refractivity contribution in [1.29, 1.82) is 0 Å². The molecule has 27 heavy (non-hydrogen) atoms. The summed E-state index contributed by atoms with van der Waals surface area (Å²) in [5.74, 6) is -2.63. The molecule has 0 fully saturated rings. The number of benzene rings is 2. The number of carboxylic acids is 1. The first kappa shape index (κ1) is 20.8.